The fourth-order valence-electron chi connectivity index (χ4n) is 1.59. The normalized spacial score (nSPS) is 8.86. The van der Waals surface area contributed by atoms with Gasteiger partial charge in [0.2, 0.25) is 5.91 Å². The number of ether oxygens (including phenoxy) is 1. The van der Waals surface area contributed by atoms with E-state index < -0.39 is 0 Å². The number of nitrogens with one attached hydrogen (secondary N) is 1. The van der Waals surface area contributed by atoms with Gasteiger partial charge in [0.25, 0.3) is 0 Å². The van der Waals surface area contributed by atoms with Crippen molar-refractivity contribution in [1.82, 2.24) is 5.32 Å². The minimum atomic E-state index is -0.0700. The summed E-state index contributed by atoms with van der Waals surface area (Å²) in [4.78, 5) is 21.5. The van der Waals surface area contributed by atoms with E-state index in [0.29, 0.717) is 19.4 Å². The third-order valence-electron chi connectivity index (χ3n) is 3.21. The number of aliphatic hydroxyl groups is 1. The average Bonchev–Trinajstić information content (AvgIpc) is 2.67. The summed E-state index contributed by atoms with van der Waals surface area (Å²) < 4.78 is 4.70. The van der Waals surface area contributed by atoms with Crippen molar-refractivity contribution in [2.24, 2.45) is 5.73 Å². The predicted octanol–water partition coefficient (Wildman–Crippen LogP) is 4.58. The highest BCUT2D eigenvalue weighted by atomic mass is 16.5. The van der Waals surface area contributed by atoms with E-state index in [-0.39, 0.29) is 18.5 Å². The first kappa shape index (κ1) is 34.4. The summed E-state index contributed by atoms with van der Waals surface area (Å²) in [5.74, 6) is 0.139. The molecular weight excluding hydrogens is 356 g/mol. The molecule has 172 valence electrons. The first-order valence-electron chi connectivity index (χ1n) is 11.2. The molecule has 0 aromatic carbocycles. The molecule has 0 saturated heterocycles. The van der Waals surface area contributed by atoms with E-state index in [0.717, 1.165) is 51.6 Å². The Balaban J connectivity index is -0.000000152. The lowest BCUT2D eigenvalue weighted by Gasteiger charge is -2.02. The van der Waals surface area contributed by atoms with Crippen molar-refractivity contribution in [1.29, 1.82) is 0 Å². The topological polar surface area (TPSA) is 102 Å². The van der Waals surface area contributed by atoms with Crippen LogP contribution in [-0.4, -0.2) is 43.3 Å². The highest BCUT2D eigenvalue weighted by Crippen LogP contribution is 1.95. The second-order valence-corrected chi connectivity index (χ2v) is 6.17. The molecule has 0 aromatic rings. The van der Waals surface area contributed by atoms with Crippen molar-refractivity contribution in [3.05, 3.63) is 0 Å². The van der Waals surface area contributed by atoms with Gasteiger partial charge in [-0.2, -0.15) is 0 Å². The van der Waals surface area contributed by atoms with Crippen LogP contribution in [0, 0.1) is 0 Å². The monoisotopic (exact) mass is 406 g/mol. The molecular formula is C22H50N2O4. The van der Waals surface area contributed by atoms with Gasteiger partial charge in [0.05, 0.1) is 6.61 Å². The number of hydrogen-bond acceptors (Lipinski definition) is 5. The number of unbranched alkanes of at least 4 members (excludes halogenated alkanes) is 4. The van der Waals surface area contributed by atoms with Crippen LogP contribution in [0.3, 0.4) is 0 Å². The van der Waals surface area contributed by atoms with Gasteiger partial charge in [-0.3, -0.25) is 9.59 Å². The first-order valence-corrected chi connectivity index (χ1v) is 11.2. The van der Waals surface area contributed by atoms with Crippen LogP contribution in [-0.2, 0) is 14.3 Å². The standard InChI is InChI=1S/C9H19NO.C7H14O2.C4H11N.C2H6O/c1-3-5-7-9(11)10-8-6-4-2;1-3-5-6-7(8)9-4-2;1-2-3-4-5;1-2-3/h3-8H2,1-2H3,(H,10,11);3-6H2,1-2H3;2-5H2,1H3;3H,2H2,1H3. The van der Waals surface area contributed by atoms with Gasteiger partial charge in [0.15, 0.2) is 0 Å². The molecule has 0 fully saturated rings. The van der Waals surface area contributed by atoms with Gasteiger partial charge < -0.3 is 20.9 Å². The molecule has 1 amide bonds. The SMILES string of the molecule is CCCCC(=O)OCC.CCCCN.CCCCNC(=O)CCCC.CCO. The predicted molar refractivity (Wildman–Crippen MR) is 120 cm³/mol. The molecule has 0 aromatic heterocycles. The summed E-state index contributed by atoms with van der Waals surface area (Å²) in [5.41, 5.74) is 5.14. The molecule has 0 heterocycles. The quantitative estimate of drug-likeness (QED) is 0.325. The Labute approximate surface area is 175 Å². The molecule has 4 N–H and O–H groups in total. The molecule has 0 saturated carbocycles. The molecule has 0 aliphatic carbocycles. The first-order chi connectivity index (χ1) is 13.4. The smallest absolute Gasteiger partial charge is 0.305 e. The number of amides is 1. The van der Waals surface area contributed by atoms with Crippen LogP contribution in [0.2, 0.25) is 0 Å². The van der Waals surface area contributed by atoms with Crippen LogP contribution >= 0.6 is 0 Å². The van der Waals surface area contributed by atoms with Gasteiger partial charge in [-0.05, 0) is 46.1 Å². The molecule has 0 spiro atoms. The maximum absolute atomic E-state index is 11.0. The maximum atomic E-state index is 11.0. The highest BCUT2D eigenvalue weighted by molar-refractivity contribution is 5.75. The Morgan fingerprint density at radius 1 is 0.821 bits per heavy atom. The molecule has 0 aliphatic heterocycles. The van der Waals surface area contributed by atoms with Crippen molar-refractivity contribution < 1.29 is 19.4 Å². The Morgan fingerprint density at radius 2 is 1.29 bits per heavy atom. The van der Waals surface area contributed by atoms with Gasteiger partial charge in [0.1, 0.15) is 0 Å². The number of carbonyl (C=O) groups excluding carboxylic acids is 2. The zero-order valence-electron chi connectivity index (χ0n) is 19.6. The highest BCUT2D eigenvalue weighted by Gasteiger charge is 1.98. The summed E-state index contributed by atoms with van der Waals surface area (Å²) in [7, 11) is 0. The van der Waals surface area contributed by atoms with Crippen molar-refractivity contribution in [3.8, 4) is 0 Å². The van der Waals surface area contributed by atoms with Gasteiger partial charge >= 0.3 is 5.97 Å². The van der Waals surface area contributed by atoms with Crippen LogP contribution in [0.1, 0.15) is 106 Å². The van der Waals surface area contributed by atoms with E-state index in [4.69, 9.17) is 15.6 Å². The largest absolute Gasteiger partial charge is 0.466 e. The summed E-state index contributed by atoms with van der Waals surface area (Å²) in [6, 6.07) is 0. The number of aliphatic hydroxyl groups excluding tert-OH is 1. The fourth-order valence-corrected chi connectivity index (χ4v) is 1.59. The molecule has 0 unspecified atom stereocenters. The molecule has 0 aliphatic rings. The number of carbonyl (C=O) groups is 2. The van der Waals surface area contributed by atoms with E-state index in [1.807, 2.05) is 6.92 Å². The van der Waals surface area contributed by atoms with Crippen LogP contribution < -0.4 is 11.1 Å². The van der Waals surface area contributed by atoms with Crippen LogP contribution in [0.25, 0.3) is 0 Å². The Morgan fingerprint density at radius 3 is 1.64 bits per heavy atom. The second-order valence-electron chi connectivity index (χ2n) is 6.17. The zero-order chi connectivity index (χ0) is 22.5. The van der Waals surface area contributed by atoms with Gasteiger partial charge in [-0.15, -0.1) is 0 Å². The molecule has 0 atom stereocenters. The molecule has 6 heteroatoms. The van der Waals surface area contributed by atoms with E-state index in [2.05, 4.69) is 33.0 Å². The van der Waals surface area contributed by atoms with Crippen molar-refractivity contribution in [2.75, 3.05) is 26.3 Å². The van der Waals surface area contributed by atoms with E-state index in [1.165, 1.54) is 12.8 Å². The third kappa shape index (κ3) is 49.8. The molecule has 0 radical (unpaired) electrons. The minimum Gasteiger partial charge on any atom is -0.466 e. The fraction of sp³-hybridized carbons (Fsp3) is 0.909. The van der Waals surface area contributed by atoms with E-state index >= 15 is 0 Å². The maximum Gasteiger partial charge on any atom is 0.305 e. The summed E-state index contributed by atoms with van der Waals surface area (Å²) in [6.45, 7) is 14.4. The van der Waals surface area contributed by atoms with Crippen LogP contribution in [0.4, 0.5) is 0 Å². The Bertz CT molecular complexity index is 286. The molecule has 0 rings (SSSR count). The number of rotatable bonds is 12. The Hall–Kier alpha value is -1.14. The molecule has 28 heavy (non-hydrogen) atoms. The molecule has 6 nitrogen and oxygen atoms in total. The van der Waals surface area contributed by atoms with Crippen molar-refractivity contribution >= 4 is 11.9 Å². The second kappa shape index (κ2) is 36.7. The lowest BCUT2D eigenvalue weighted by molar-refractivity contribution is -0.143. The van der Waals surface area contributed by atoms with Gasteiger partial charge in [-0.1, -0.05) is 53.4 Å². The number of esters is 1. The number of hydrogen-bond donors (Lipinski definition) is 3. The average molecular weight is 407 g/mol. The lowest BCUT2D eigenvalue weighted by atomic mass is 10.2. The third-order valence-corrected chi connectivity index (χ3v) is 3.21. The van der Waals surface area contributed by atoms with Crippen LogP contribution in [0.15, 0.2) is 0 Å². The Kier molecular flexibility index (Phi) is 45.1. The summed E-state index contributed by atoms with van der Waals surface area (Å²) >= 11 is 0. The summed E-state index contributed by atoms with van der Waals surface area (Å²) in [5, 5.41) is 10.4. The molecule has 0 bridgehead atoms. The van der Waals surface area contributed by atoms with E-state index in [1.54, 1.807) is 6.92 Å². The minimum absolute atomic E-state index is 0.0700. The van der Waals surface area contributed by atoms with Crippen LogP contribution in [0.5, 0.6) is 0 Å². The van der Waals surface area contributed by atoms with Crippen molar-refractivity contribution in [3.63, 3.8) is 0 Å². The van der Waals surface area contributed by atoms with Crippen molar-refractivity contribution in [2.45, 2.75) is 106 Å². The lowest BCUT2D eigenvalue weighted by Crippen LogP contribution is -2.23. The number of nitrogens with two attached hydrogens (primary N) is 1. The summed E-state index contributed by atoms with van der Waals surface area (Å²) in [6.07, 6.45) is 10.0. The van der Waals surface area contributed by atoms with Gasteiger partial charge in [0, 0.05) is 26.0 Å². The van der Waals surface area contributed by atoms with E-state index in [9.17, 15) is 9.59 Å². The zero-order valence-corrected chi connectivity index (χ0v) is 19.6. The van der Waals surface area contributed by atoms with Gasteiger partial charge in [-0.25, -0.2) is 0 Å².